The van der Waals surface area contributed by atoms with E-state index in [0.717, 1.165) is 39.3 Å². The fraction of sp³-hybridized carbons (Fsp3) is 0.217. The van der Waals surface area contributed by atoms with Crippen LogP contribution in [0.15, 0.2) is 55.0 Å². The summed E-state index contributed by atoms with van der Waals surface area (Å²) in [6.45, 7) is 3.55. The Balaban J connectivity index is 1.63. The highest BCUT2D eigenvalue weighted by atomic mass is 35.5. The summed E-state index contributed by atoms with van der Waals surface area (Å²) in [4.78, 5) is 23.5. The number of hydrogen-bond acceptors (Lipinski definition) is 6. The Hall–Kier alpha value is -3.07. The number of rotatable bonds is 6. The van der Waals surface area contributed by atoms with Crippen LogP contribution < -0.4 is 5.32 Å². The molecule has 162 valence electrons. The van der Waals surface area contributed by atoms with Gasteiger partial charge < -0.3 is 10.3 Å². The van der Waals surface area contributed by atoms with Crippen molar-refractivity contribution in [3.05, 3.63) is 71.1 Å². The lowest BCUT2D eigenvalue weighted by Gasteiger charge is -2.39. The maximum atomic E-state index is 11.5. The molecule has 4 heterocycles. The number of aromatic nitrogens is 4. The van der Waals surface area contributed by atoms with Gasteiger partial charge >= 0.3 is 0 Å². The van der Waals surface area contributed by atoms with E-state index in [1.807, 2.05) is 24.3 Å². The molecule has 2 N–H and O–H groups in total. The second-order valence-corrected chi connectivity index (χ2v) is 9.18. The standard InChI is InChI=1S/C23H21ClN6OS/c1-14(31)28-20-11-16(7-8-25-20)19-12-18(22(32-19)23-26-13-27-29-23)21(30-9-2-10-30)15-3-5-17(24)6-4-15/h3-8,11-13,21H,2,9-10H2,1H3,(H,25,28,31)(H,26,27,29). The highest BCUT2D eigenvalue weighted by molar-refractivity contribution is 7.19. The number of nitrogens with zero attached hydrogens (tertiary/aromatic N) is 4. The van der Waals surface area contributed by atoms with Crippen molar-refractivity contribution in [3.8, 4) is 21.1 Å². The quantitative estimate of drug-likeness (QED) is 0.419. The third-order valence-corrected chi connectivity index (χ3v) is 6.94. The molecule has 0 spiro atoms. The van der Waals surface area contributed by atoms with E-state index in [-0.39, 0.29) is 11.9 Å². The molecule has 1 unspecified atom stereocenters. The highest BCUT2D eigenvalue weighted by Crippen LogP contribution is 2.44. The van der Waals surface area contributed by atoms with Crippen LogP contribution in [0.4, 0.5) is 5.82 Å². The minimum Gasteiger partial charge on any atom is -0.327 e. The van der Waals surface area contributed by atoms with Crippen molar-refractivity contribution in [2.24, 2.45) is 0 Å². The molecule has 4 aromatic rings. The van der Waals surface area contributed by atoms with E-state index in [1.54, 1.807) is 23.9 Å². The Labute approximate surface area is 194 Å². The molecule has 0 aliphatic carbocycles. The van der Waals surface area contributed by atoms with Crippen molar-refractivity contribution in [2.75, 3.05) is 18.4 Å². The predicted molar refractivity (Wildman–Crippen MR) is 127 cm³/mol. The fourth-order valence-corrected chi connectivity index (χ4v) is 5.18. The second kappa shape index (κ2) is 8.82. The largest absolute Gasteiger partial charge is 0.327 e. The molecule has 0 bridgehead atoms. The van der Waals surface area contributed by atoms with Crippen LogP contribution in [-0.4, -0.2) is 44.1 Å². The fourth-order valence-electron chi connectivity index (χ4n) is 3.92. The molecular weight excluding hydrogens is 444 g/mol. The Morgan fingerprint density at radius 3 is 2.69 bits per heavy atom. The predicted octanol–water partition coefficient (Wildman–Crippen LogP) is 5.00. The third-order valence-electron chi connectivity index (χ3n) is 5.48. The van der Waals surface area contributed by atoms with Crippen molar-refractivity contribution in [3.63, 3.8) is 0 Å². The minimum atomic E-state index is -0.149. The molecule has 1 aliphatic rings. The topological polar surface area (TPSA) is 86.8 Å². The van der Waals surface area contributed by atoms with Crippen LogP contribution in [0.5, 0.6) is 0 Å². The molecule has 0 saturated carbocycles. The molecule has 1 saturated heterocycles. The van der Waals surface area contributed by atoms with Gasteiger partial charge in [-0.15, -0.1) is 21.5 Å². The van der Waals surface area contributed by atoms with Crippen molar-refractivity contribution < 1.29 is 4.79 Å². The smallest absolute Gasteiger partial charge is 0.222 e. The van der Waals surface area contributed by atoms with Crippen molar-refractivity contribution in [2.45, 2.75) is 19.4 Å². The Kier molecular flexibility index (Phi) is 5.73. The molecule has 5 rings (SSSR count). The minimum absolute atomic E-state index is 0.0859. The number of H-pyrrole nitrogens is 1. The van der Waals surface area contributed by atoms with E-state index in [4.69, 9.17) is 11.6 Å². The zero-order chi connectivity index (χ0) is 22.1. The van der Waals surface area contributed by atoms with Crippen molar-refractivity contribution >= 4 is 34.7 Å². The number of aromatic amines is 1. The lowest BCUT2D eigenvalue weighted by atomic mass is 9.94. The summed E-state index contributed by atoms with van der Waals surface area (Å²) in [5.41, 5.74) is 3.34. The third kappa shape index (κ3) is 4.17. The Bertz CT molecular complexity index is 1230. The Morgan fingerprint density at radius 2 is 2.03 bits per heavy atom. The van der Waals surface area contributed by atoms with Gasteiger partial charge in [0.15, 0.2) is 5.82 Å². The first kappa shape index (κ1) is 20.8. The maximum Gasteiger partial charge on any atom is 0.222 e. The summed E-state index contributed by atoms with van der Waals surface area (Å²) >= 11 is 7.82. The van der Waals surface area contributed by atoms with Gasteiger partial charge in [-0.25, -0.2) is 4.98 Å². The van der Waals surface area contributed by atoms with Crippen molar-refractivity contribution in [1.82, 2.24) is 25.1 Å². The van der Waals surface area contributed by atoms with Gasteiger partial charge in [-0.05, 0) is 53.4 Å². The second-order valence-electron chi connectivity index (χ2n) is 7.69. The molecule has 1 aliphatic heterocycles. The number of carbonyl (C=O) groups excluding carboxylic acids is 1. The van der Waals surface area contributed by atoms with Gasteiger partial charge in [-0.2, -0.15) is 0 Å². The van der Waals surface area contributed by atoms with E-state index in [1.165, 1.54) is 24.5 Å². The van der Waals surface area contributed by atoms with Gasteiger partial charge in [-0.1, -0.05) is 23.7 Å². The monoisotopic (exact) mass is 464 g/mol. The van der Waals surface area contributed by atoms with E-state index < -0.39 is 0 Å². The molecule has 1 amide bonds. The molecule has 32 heavy (non-hydrogen) atoms. The van der Waals surface area contributed by atoms with Crippen LogP contribution in [0.1, 0.15) is 30.5 Å². The molecular formula is C23H21ClN6OS. The summed E-state index contributed by atoms with van der Waals surface area (Å²) in [6, 6.07) is 14.2. The van der Waals surface area contributed by atoms with Crippen LogP contribution in [0, 0.1) is 0 Å². The number of halogens is 1. The van der Waals surface area contributed by atoms with Crippen LogP contribution in [0.2, 0.25) is 5.02 Å². The highest BCUT2D eigenvalue weighted by Gasteiger charge is 2.31. The molecule has 9 heteroatoms. The average molecular weight is 465 g/mol. The van der Waals surface area contributed by atoms with Gasteiger partial charge in [-0.3, -0.25) is 9.69 Å². The normalized spacial score (nSPS) is 14.7. The first-order valence-corrected chi connectivity index (χ1v) is 11.5. The molecule has 1 aromatic carbocycles. The average Bonchev–Trinajstić information content (AvgIpc) is 3.41. The van der Waals surface area contributed by atoms with Gasteiger partial charge in [0.25, 0.3) is 0 Å². The number of amides is 1. The molecule has 1 fully saturated rings. The first-order valence-electron chi connectivity index (χ1n) is 10.3. The number of benzene rings is 1. The summed E-state index contributed by atoms with van der Waals surface area (Å²) in [5.74, 6) is 1.12. The van der Waals surface area contributed by atoms with Crippen LogP contribution in [-0.2, 0) is 4.79 Å². The first-order chi connectivity index (χ1) is 15.6. The zero-order valence-corrected chi connectivity index (χ0v) is 19.0. The maximum absolute atomic E-state index is 11.5. The van der Waals surface area contributed by atoms with E-state index >= 15 is 0 Å². The van der Waals surface area contributed by atoms with Gasteiger partial charge in [0.2, 0.25) is 5.91 Å². The molecule has 7 nitrogen and oxygen atoms in total. The van der Waals surface area contributed by atoms with Gasteiger partial charge in [0.1, 0.15) is 12.1 Å². The zero-order valence-electron chi connectivity index (χ0n) is 17.4. The lowest BCUT2D eigenvalue weighted by molar-refractivity contribution is -0.114. The number of nitrogens with one attached hydrogen (secondary N) is 2. The molecule has 3 aromatic heterocycles. The number of hydrogen-bond donors (Lipinski definition) is 2. The summed E-state index contributed by atoms with van der Waals surface area (Å²) in [5, 5.41) is 11.8. The number of anilines is 1. The number of likely N-dealkylation sites (tertiary alicyclic amines) is 1. The van der Waals surface area contributed by atoms with Crippen LogP contribution in [0.3, 0.4) is 0 Å². The lowest BCUT2D eigenvalue weighted by Crippen LogP contribution is -2.40. The molecule has 1 atom stereocenters. The Morgan fingerprint density at radius 1 is 1.22 bits per heavy atom. The summed E-state index contributed by atoms with van der Waals surface area (Å²) < 4.78 is 0. The summed E-state index contributed by atoms with van der Waals surface area (Å²) in [7, 11) is 0. The SMILES string of the molecule is CC(=O)Nc1cc(-c2cc(C(c3ccc(Cl)cc3)N3CCC3)c(-c3nnc[nH]3)s2)ccn1. The van der Waals surface area contributed by atoms with E-state index in [2.05, 4.69) is 48.6 Å². The number of pyridine rings is 1. The van der Waals surface area contributed by atoms with Crippen molar-refractivity contribution in [1.29, 1.82) is 0 Å². The van der Waals surface area contributed by atoms with Gasteiger partial charge in [0, 0.05) is 36.1 Å². The van der Waals surface area contributed by atoms with Crippen LogP contribution >= 0.6 is 22.9 Å². The molecule has 0 radical (unpaired) electrons. The summed E-state index contributed by atoms with van der Waals surface area (Å²) in [6.07, 6.45) is 4.49. The van der Waals surface area contributed by atoms with E-state index in [0.29, 0.717) is 5.82 Å². The number of thiophene rings is 1. The van der Waals surface area contributed by atoms with Gasteiger partial charge in [0.05, 0.1) is 10.9 Å². The number of carbonyl (C=O) groups is 1. The van der Waals surface area contributed by atoms with E-state index in [9.17, 15) is 4.79 Å². The van der Waals surface area contributed by atoms with Crippen LogP contribution in [0.25, 0.3) is 21.1 Å².